The standard InChI is InChI=1S/C17H26N2O2S/c1-21-15-8-6-13(7-9-15)10-19-17(20)16(18)12-22-11-14-4-2-3-5-14/h6-9,14,16H,2-5,10-12,18H2,1H3,(H,19,20)/t16-/m0/s1. The molecule has 1 aromatic carbocycles. The van der Waals surface area contributed by atoms with Gasteiger partial charge in [-0.1, -0.05) is 25.0 Å². The van der Waals surface area contributed by atoms with E-state index in [0.717, 1.165) is 23.0 Å². The highest BCUT2D eigenvalue weighted by molar-refractivity contribution is 7.99. The van der Waals surface area contributed by atoms with Crippen LogP contribution in [0.15, 0.2) is 24.3 Å². The van der Waals surface area contributed by atoms with E-state index in [9.17, 15) is 4.79 Å². The van der Waals surface area contributed by atoms with Crippen molar-refractivity contribution >= 4 is 17.7 Å². The van der Waals surface area contributed by atoms with E-state index in [4.69, 9.17) is 10.5 Å². The zero-order chi connectivity index (χ0) is 15.8. The van der Waals surface area contributed by atoms with Gasteiger partial charge in [0.2, 0.25) is 5.91 Å². The molecule has 1 aromatic rings. The summed E-state index contributed by atoms with van der Waals surface area (Å²) in [6, 6.07) is 7.24. The number of methoxy groups -OCH3 is 1. The Kier molecular flexibility index (Phi) is 7.06. The van der Waals surface area contributed by atoms with Crippen LogP contribution in [0.3, 0.4) is 0 Å². The van der Waals surface area contributed by atoms with Gasteiger partial charge < -0.3 is 15.8 Å². The van der Waals surface area contributed by atoms with E-state index in [1.807, 2.05) is 36.0 Å². The molecule has 1 amide bonds. The van der Waals surface area contributed by atoms with Gasteiger partial charge in [-0.05, 0) is 42.2 Å². The SMILES string of the molecule is COc1ccc(CNC(=O)[C@@H](N)CSCC2CCCC2)cc1. The van der Waals surface area contributed by atoms with Gasteiger partial charge in [0.25, 0.3) is 0 Å². The fourth-order valence-electron chi connectivity index (χ4n) is 2.68. The summed E-state index contributed by atoms with van der Waals surface area (Å²) in [5.41, 5.74) is 7.00. The van der Waals surface area contributed by atoms with E-state index in [1.165, 1.54) is 25.7 Å². The number of amides is 1. The van der Waals surface area contributed by atoms with Crippen LogP contribution in [0.2, 0.25) is 0 Å². The molecule has 0 radical (unpaired) electrons. The second kappa shape index (κ2) is 9.06. The molecule has 1 atom stereocenters. The van der Waals surface area contributed by atoms with Crippen molar-refractivity contribution in [2.75, 3.05) is 18.6 Å². The lowest BCUT2D eigenvalue weighted by atomic mass is 10.1. The van der Waals surface area contributed by atoms with E-state index >= 15 is 0 Å². The fourth-order valence-corrected chi connectivity index (χ4v) is 3.89. The van der Waals surface area contributed by atoms with E-state index in [1.54, 1.807) is 7.11 Å². The third-order valence-corrected chi connectivity index (χ3v) is 5.39. The minimum atomic E-state index is -0.426. The van der Waals surface area contributed by atoms with Crippen molar-refractivity contribution < 1.29 is 9.53 Å². The van der Waals surface area contributed by atoms with Gasteiger partial charge in [-0.2, -0.15) is 11.8 Å². The molecule has 0 aliphatic heterocycles. The average molecular weight is 322 g/mol. The molecule has 1 saturated carbocycles. The second-order valence-electron chi connectivity index (χ2n) is 5.86. The molecule has 0 spiro atoms. The summed E-state index contributed by atoms with van der Waals surface area (Å²) in [5.74, 6) is 3.41. The van der Waals surface area contributed by atoms with Crippen LogP contribution < -0.4 is 15.8 Å². The maximum atomic E-state index is 12.0. The first-order valence-electron chi connectivity index (χ1n) is 7.93. The molecule has 2 rings (SSSR count). The van der Waals surface area contributed by atoms with Gasteiger partial charge in [0.1, 0.15) is 5.75 Å². The van der Waals surface area contributed by atoms with Gasteiger partial charge in [-0.25, -0.2) is 0 Å². The highest BCUT2D eigenvalue weighted by Crippen LogP contribution is 2.27. The van der Waals surface area contributed by atoms with Crippen molar-refractivity contribution in [3.05, 3.63) is 29.8 Å². The summed E-state index contributed by atoms with van der Waals surface area (Å²) in [7, 11) is 1.64. The summed E-state index contributed by atoms with van der Waals surface area (Å²) >= 11 is 1.81. The minimum Gasteiger partial charge on any atom is -0.497 e. The van der Waals surface area contributed by atoms with Gasteiger partial charge in [0.15, 0.2) is 0 Å². The van der Waals surface area contributed by atoms with Crippen molar-refractivity contribution in [1.29, 1.82) is 0 Å². The maximum absolute atomic E-state index is 12.0. The van der Waals surface area contributed by atoms with Crippen molar-refractivity contribution in [3.63, 3.8) is 0 Å². The predicted octanol–water partition coefficient (Wildman–Crippen LogP) is 2.56. The van der Waals surface area contributed by atoms with Gasteiger partial charge in [0, 0.05) is 12.3 Å². The van der Waals surface area contributed by atoms with E-state index in [2.05, 4.69) is 5.32 Å². The average Bonchev–Trinajstić information content (AvgIpc) is 3.06. The van der Waals surface area contributed by atoms with Gasteiger partial charge in [-0.15, -0.1) is 0 Å². The first-order valence-corrected chi connectivity index (χ1v) is 9.08. The number of carbonyl (C=O) groups is 1. The number of carbonyl (C=O) groups excluding carboxylic acids is 1. The van der Waals surface area contributed by atoms with E-state index < -0.39 is 6.04 Å². The molecular formula is C17H26N2O2S. The number of thioether (sulfide) groups is 1. The van der Waals surface area contributed by atoms with Crippen LogP contribution in [-0.2, 0) is 11.3 Å². The molecule has 122 valence electrons. The molecular weight excluding hydrogens is 296 g/mol. The van der Waals surface area contributed by atoms with E-state index in [-0.39, 0.29) is 5.91 Å². The normalized spacial score (nSPS) is 16.5. The van der Waals surface area contributed by atoms with Crippen LogP contribution in [0.25, 0.3) is 0 Å². The summed E-state index contributed by atoms with van der Waals surface area (Å²) in [6.07, 6.45) is 5.40. The van der Waals surface area contributed by atoms with Crippen LogP contribution in [0.4, 0.5) is 0 Å². The highest BCUT2D eigenvalue weighted by Gasteiger charge is 2.17. The molecule has 5 heteroatoms. The number of hydrogen-bond donors (Lipinski definition) is 2. The molecule has 4 nitrogen and oxygen atoms in total. The summed E-state index contributed by atoms with van der Waals surface area (Å²) < 4.78 is 5.11. The molecule has 3 N–H and O–H groups in total. The van der Waals surface area contributed by atoms with E-state index in [0.29, 0.717) is 12.3 Å². The van der Waals surface area contributed by atoms with Crippen molar-refractivity contribution in [2.45, 2.75) is 38.3 Å². The highest BCUT2D eigenvalue weighted by atomic mass is 32.2. The largest absolute Gasteiger partial charge is 0.497 e. The number of rotatable bonds is 8. The van der Waals surface area contributed by atoms with Crippen LogP contribution in [0, 0.1) is 5.92 Å². The lowest BCUT2D eigenvalue weighted by Crippen LogP contribution is -2.42. The molecule has 1 fully saturated rings. The zero-order valence-electron chi connectivity index (χ0n) is 13.2. The topological polar surface area (TPSA) is 64.3 Å². The number of nitrogens with two attached hydrogens (primary N) is 1. The molecule has 0 heterocycles. The number of hydrogen-bond acceptors (Lipinski definition) is 4. The van der Waals surface area contributed by atoms with Crippen molar-refractivity contribution in [2.24, 2.45) is 11.7 Å². The number of benzene rings is 1. The Morgan fingerprint density at radius 1 is 1.36 bits per heavy atom. The molecule has 1 aliphatic carbocycles. The minimum absolute atomic E-state index is 0.0743. The Hall–Kier alpha value is -1.20. The first kappa shape index (κ1) is 17.2. The Bertz CT molecular complexity index is 458. The fraction of sp³-hybridized carbons (Fsp3) is 0.588. The first-order chi connectivity index (χ1) is 10.7. The van der Waals surface area contributed by atoms with Gasteiger partial charge >= 0.3 is 0 Å². The second-order valence-corrected chi connectivity index (χ2v) is 6.94. The van der Waals surface area contributed by atoms with Crippen LogP contribution in [0.1, 0.15) is 31.2 Å². The Labute approximate surface area is 137 Å². The smallest absolute Gasteiger partial charge is 0.238 e. The monoisotopic (exact) mass is 322 g/mol. The number of nitrogens with one attached hydrogen (secondary N) is 1. The molecule has 22 heavy (non-hydrogen) atoms. The molecule has 0 bridgehead atoms. The Morgan fingerprint density at radius 2 is 2.05 bits per heavy atom. The quantitative estimate of drug-likeness (QED) is 0.772. The Balaban J connectivity index is 1.64. The maximum Gasteiger partial charge on any atom is 0.238 e. The van der Waals surface area contributed by atoms with Crippen LogP contribution in [0.5, 0.6) is 5.75 Å². The Morgan fingerprint density at radius 3 is 2.68 bits per heavy atom. The van der Waals surface area contributed by atoms with Crippen LogP contribution >= 0.6 is 11.8 Å². The molecule has 0 saturated heterocycles. The number of ether oxygens (including phenoxy) is 1. The third-order valence-electron chi connectivity index (χ3n) is 4.09. The molecule has 0 unspecified atom stereocenters. The lowest BCUT2D eigenvalue weighted by molar-refractivity contribution is -0.122. The van der Waals surface area contributed by atoms with Crippen molar-refractivity contribution in [3.8, 4) is 5.75 Å². The van der Waals surface area contributed by atoms with Crippen LogP contribution in [-0.4, -0.2) is 30.6 Å². The summed E-state index contributed by atoms with van der Waals surface area (Å²) in [5, 5.41) is 2.90. The predicted molar refractivity (Wildman–Crippen MR) is 92.1 cm³/mol. The van der Waals surface area contributed by atoms with Gasteiger partial charge in [0.05, 0.1) is 13.2 Å². The molecule has 1 aliphatic rings. The zero-order valence-corrected chi connectivity index (χ0v) is 14.0. The summed E-state index contributed by atoms with van der Waals surface area (Å²) in [4.78, 5) is 12.0. The van der Waals surface area contributed by atoms with Crippen molar-refractivity contribution in [1.82, 2.24) is 5.32 Å². The molecule has 0 aromatic heterocycles. The third kappa shape index (κ3) is 5.54. The summed E-state index contributed by atoms with van der Waals surface area (Å²) in [6.45, 7) is 0.504. The lowest BCUT2D eigenvalue weighted by Gasteiger charge is -2.14. The van der Waals surface area contributed by atoms with Gasteiger partial charge in [-0.3, -0.25) is 4.79 Å².